The minimum atomic E-state index is -1.03. The van der Waals surface area contributed by atoms with Gasteiger partial charge >= 0.3 is 5.97 Å². The lowest BCUT2D eigenvalue weighted by molar-refractivity contribution is -0.119. The number of aryl methyl sites for hydroxylation is 1. The van der Waals surface area contributed by atoms with Crippen LogP contribution in [0.15, 0.2) is 36.4 Å². The third-order valence-corrected chi connectivity index (χ3v) is 5.05. The van der Waals surface area contributed by atoms with Crippen LogP contribution >= 0.6 is 0 Å². The van der Waals surface area contributed by atoms with Crippen LogP contribution in [0.1, 0.15) is 39.5 Å². The number of anilines is 1. The molecule has 6 nitrogen and oxygen atoms in total. The van der Waals surface area contributed by atoms with Gasteiger partial charge in [-0.15, -0.1) is 0 Å². The smallest absolute Gasteiger partial charge is 0.335 e. The van der Waals surface area contributed by atoms with Crippen molar-refractivity contribution >= 4 is 17.6 Å². The minimum Gasteiger partial charge on any atom is -0.478 e. The number of hydrogen-bond acceptors (Lipinski definition) is 4. The number of aliphatic hydroxyl groups is 1. The second kappa shape index (κ2) is 7.22. The first-order chi connectivity index (χ1) is 12.8. The quantitative estimate of drug-likeness (QED) is 0.872. The van der Waals surface area contributed by atoms with Crippen LogP contribution in [0.25, 0.3) is 0 Å². The summed E-state index contributed by atoms with van der Waals surface area (Å²) in [5, 5.41) is 29.2. The fourth-order valence-electron chi connectivity index (χ4n) is 3.64. The zero-order chi connectivity index (χ0) is 19.7. The Morgan fingerprint density at radius 1 is 1.26 bits per heavy atom. The highest BCUT2D eigenvalue weighted by molar-refractivity contribution is 5.95. The van der Waals surface area contributed by atoms with Crippen molar-refractivity contribution in [3.05, 3.63) is 64.2 Å². The number of carbonyl (C=O) groups excluding carboxylic acids is 1. The number of carboxylic acids is 1. The molecule has 1 aliphatic rings. The third-order valence-electron chi connectivity index (χ3n) is 5.05. The first-order valence-corrected chi connectivity index (χ1v) is 8.65. The van der Waals surface area contributed by atoms with Gasteiger partial charge in [0.25, 0.3) is 0 Å². The van der Waals surface area contributed by atoms with E-state index in [9.17, 15) is 19.8 Å². The van der Waals surface area contributed by atoms with E-state index in [-0.39, 0.29) is 17.4 Å². The van der Waals surface area contributed by atoms with Gasteiger partial charge in [-0.1, -0.05) is 6.07 Å². The van der Waals surface area contributed by atoms with Crippen LogP contribution in [-0.2, 0) is 17.6 Å². The van der Waals surface area contributed by atoms with Gasteiger partial charge in [-0.3, -0.25) is 9.69 Å². The highest BCUT2D eigenvalue weighted by Crippen LogP contribution is 2.36. The van der Waals surface area contributed by atoms with Crippen molar-refractivity contribution in [1.29, 1.82) is 5.26 Å². The molecule has 2 N–H and O–H groups in total. The summed E-state index contributed by atoms with van der Waals surface area (Å²) >= 11 is 0. The van der Waals surface area contributed by atoms with Crippen LogP contribution in [0.3, 0.4) is 0 Å². The molecule has 0 saturated carbocycles. The lowest BCUT2D eigenvalue weighted by Crippen LogP contribution is -2.48. The molecule has 2 atom stereocenters. The van der Waals surface area contributed by atoms with E-state index in [4.69, 9.17) is 5.26 Å². The van der Waals surface area contributed by atoms with E-state index in [1.54, 1.807) is 24.3 Å². The first-order valence-electron chi connectivity index (χ1n) is 8.65. The van der Waals surface area contributed by atoms with Crippen molar-refractivity contribution in [3.8, 4) is 6.07 Å². The minimum absolute atomic E-state index is 0.148. The fraction of sp³-hybridized carbons (Fsp3) is 0.286. The third kappa shape index (κ3) is 3.55. The van der Waals surface area contributed by atoms with E-state index in [2.05, 4.69) is 6.07 Å². The van der Waals surface area contributed by atoms with Gasteiger partial charge in [-0.25, -0.2) is 4.79 Å². The van der Waals surface area contributed by atoms with Gasteiger partial charge in [-0.2, -0.15) is 5.26 Å². The highest BCUT2D eigenvalue weighted by Gasteiger charge is 2.35. The predicted molar refractivity (Wildman–Crippen MR) is 99.4 cm³/mol. The molecule has 3 rings (SSSR count). The summed E-state index contributed by atoms with van der Waals surface area (Å²) in [6, 6.07) is 12.1. The van der Waals surface area contributed by atoms with Crippen LogP contribution in [0.5, 0.6) is 0 Å². The normalized spacial score (nSPS) is 18.5. The Bertz CT molecular complexity index is 961. The predicted octanol–water partition coefficient (Wildman–Crippen LogP) is 2.65. The van der Waals surface area contributed by atoms with Crippen LogP contribution in [-0.4, -0.2) is 28.3 Å². The van der Waals surface area contributed by atoms with Gasteiger partial charge in [0, 0.05) is 18.5 Å². The van der Waals surface area contributed by atoms with Crippen molar-refractivity contribution in [2.24, 2.45) is 5.92 Å². The Morgan fingerprint density at radius 3 is 2.63 bits per heavy atom. The Balaban J connectivity index is 2.01. The molecule has 0 bridgehead atoms. The molecule has 1 heterocycles. The Labute approximate surface area is 157 Å². The molecule has 0 saturated heterocycles. The van der Waals surface area contributed by atoms with Gasteiger partial charge in [0.05, 0.1) is 17.2 Å². The van der Waals surface area contributed by atoms with E-state index in [1.807, 2.05) is 13.0 Å². The van der Waals surface area contributed by atoms with E-state index in [0.717, 1.165) is 16.7 Å². The number of aromatic carboxylic acids is 1. The monoisotopic (exact) mass is 364 g/mol. The number of aliphatic hydroxyl groups excluding tert-OH is 1. The molecule has 2 aromatic rings. The molecule has 138 valence electrons. The molecule has 6 heteroatoms. The molecule has 0 fully saturated rings. The lowest BCUT2D eigenvalue weighted by atomic mass is 9.84. The van der Waals surface area contributed by atoms with Gasteiger partial charge in [0.1, 0.15) is 6.23 Å². The van der Waals surface area contributed by atoms with Crippen LogP contribution < -0.4 is 4.90 Å². The highest BCUT2D eigenvalue weighted by atomic mass is 16.4. The molecule has 1 aliphatic heterocycles. The molecular weight excluding hydrogens is 344 g/mol. The van der Waals surface area contributed by atoms with Gasteiger partial charge in [0.2, 0.25) is 5.91 Å². The average molecular weight is 364 g/mol. The van der Waals surface area contributed by atoms with Gasteiger partial charge < -0.3 is 10.2 Å². The maximum atomic E-state index is 12.2. The number of nitriles is 1. The molecule has 2 unspecified atom stereocenters. The van der Waals surface area contributed by atoms with E-state index >= 15 is 0 Å². The fourth-order valence-corrected chi connectivity index (χ4v) is 3.64. The molecule has 2 aromatic carbocycles. The summed E-state index contributed by atoms with van der Waals surface area (Å²) in [7, 11) is 0. The van der Waals surface area contributed by atoms with Crippen molar-refractivity contribution in [2.75, 3.05) is 4.90 Å². The summed E-state index contributed by atoms with van der Waals surface area (Å²) in [5.41, 5.74) is 3.88. The van der Waals surface area contributed by atoms with Crippen molar-refractivity contribution < 1.29 is 19.8 Å². The molecule has 0 aromatic heterocycles. The standard InChI is InChI=1S/C21H20N2O4/c1-12-3-4-14(11-22)7-16(12)9-18-10-17-8-15(21(26)27)5-6-19(17)23(13(2)24)20(18)25/h3-8,18,20,25H,9-10H2,1-2H3,(H,26,27). The topological polar surface area (TPSA) is 102 Å². The summed E-state index contributed by atoms with van der Waals surface area (Å²) in [6.45, 7) is 3.31. The molecule has 0 spiro atoms. The Kier molecular flexibility index (Phi) is 4.98. The van der Waals surface area contributed by atoms with Gasteiger partial charge in [0.15, 0.2) is 0 Å². The number of benzene rings is 2. The summed E-state index contributed by atoms with van der Waals surface area (Å²) in [6.07, 6.45) is -0.100. The maximum absolute atomic E-state index is 12.2. The second-order valence-corrected chi connectivity index (χ2v) is 6.87. The summed E-state index contributed by atoms with van der Waals surface area (Å²) in [5.74, 6) is -1.65. The summed E-state index contributed by atoms with van der Waals surface area (Å²) < 4.78 is 0. The molecule has 0 radical (unpaired) electrons. The maximum Gasteiger partial charge on any atom is 0.335 e. The molecule has 27 heavy (non-hydrogen) atoms. The molecule has 0 aliphatic carbocycles. The number of amides is 1. The van der Waals surface area contributed by atoms with Crippen LogP contribution in [0.4, 0.5) is 5.69 Å². The molecular formula is C21H20N2O4. The first kappa shape index (κ1) is 18.6. The van der Waals surface area contributed by atoms with Crippen molar-refractivity contribution in [2.45, 2.75) is 32.9 Å². The molecule has 1 amide bonds. The van der Waals surface area contributed by atoms with Crippen molar-refractivity contribution in [3.63, 3.8) is 0 Å². The zero-order valence-corrected chi connectivity index (χ0v) is 15.1. The van der Waals surface area contributed by atoms with Crippen molar-refractivity contribution in [1.82, 2.24) is 0 Å². The van der Waals surface area contributed by atoms with Gasteiger partial charge in [-0.05, 0) is 66.8 Å². The van der Waals surface area contributed by atoms with Crippen LogP contribution in [0.2, 0.25) is 0 Å². The average Bonchev–Trinajstić information content (AvgIpc) is 2.63. The Morgan fingerprint density at radius 2 is 2.00 bits per heavy atom. The van der Waals surface area contributed by atoms with E-state index in [1.165, 1.54) is 17.9 Å². The SMILES string of the molecule is CC(=O)N1c2ccc(C(=O)O)cc2CC(Cc2cc(C#N)ccc2C)C1O. The number of nitrogens with zero attached hydrogens (tertiary/aromatic N) is 2. The van der Waals surface area contributed by atoms with Crippen LogP contribution in [0, 0.1) is 24.2 Å². The number of rotatable bonds is 3. The number of hydrogen-bond donors (Lipinski definition) is 2. The lowest BCUT2D eigenvalue weighted by Gasteiger charge is -2.39. The zero-order valence-electron chi connectivity index (χ0n) is 15.1. The number of fused-ring (bicyclic) bond motifs is 1. The largest absolute Gasteiger partial charge is 0.478 e. The Hall–Kier alpha value is -3.17. The second-order valence-electron chi connectivity index (χ2n) is 6.87. The van der Waals surface area contributed by atoms with E-state index < -0.39 is 12.2 Å². The van der Waals surface area contributed by atoms with E-state index in [0.29, 0.717) is 24.1 Å². The number of carbonyl (C=O) groups is 2. The number of carboxylic acid groups (broad SMARTS) is 1. The summed E-state index contributed by atoms with van der Waals surface area (Å²) in [4.78, 5) is 24.8.